The van der Waals surface area contributed by atoms with Crippen LogP contribution in [0.4, 0.5) is 10.1 Å². The van der Waals surface area contributed by atoms with Crippen molar-refractivity contribution in [3.05, 3.63) is 28.5 Å². The van der Waals surface area contributed by atoms with Crippen molar-refractivity contribution in [2.45, 2.75) is 0 Å². The summed E-state index contributed by atoms with van der Waals surface area (Å²) in [6.07, 6.45) is 0. The van der Waals surface area contributed by atoms with Crippen molar-refractivity contribution < 1.29 is 19.5 Å². The van der Waals surface area contributed by atoms with Gasteiger partial charge in [0.05, 0.1) is 23.3 Å². The molecular formula is C14H21BrFN7O3S. The minimum Gasteiger partial charge on any atom is -0.410 e. The van der Waals surface area contributed by atoms with E-state index in [1.54, 1.807) is 5.48 Å². The zero-order chi connectivity index (χ0) is 20.4. The van der Waals surface area contributed by atoms with Crippen LogP contribution in [-0.2, 0) is 14.4 Å². The number of methoxy groups -OCH3 is 1. The maximum absolute atomic E-state index is 13.3. The Morgan fingerprint density at radius 1 is 1.41 bits per heavy atom. The predicted octanol–water partition coefficient (Wildman–Crippen LogP) is 2.11. The van der Waals surface area contributed by atoms with Gasteiger partial charge < -0.3 is 15.7 Å². The van der Waals surface area contributed by atoms with Gasteiger partial charge in [-0.15, -0.1) is 0 Å². The van der Waals surface area contributed by atoms with Gasteiger partial charge in [0.15, 0.2) is 17.4 Å². The molecule has 1 aromatic carbocycles. The molecule has 0 radical (unpaired) electrons. The Kier molecular flexibility index (Phi) is 9.28. The maximum atomic E-state index is 13.3. The van der Waals surface area contributed by atoms with E-state index in [1.165, 1.54) is 19.2 Å². The number of ether oxygens (including phenoxy) is 1. The Labute approximate surface area is 164 Å². The second-order valence-electron chi connectivity index (χ2n) is 5.17. The fourth-order valence-electron chi connectivity index (χ4n) is 1.76. The summed E-state index contributed by atoms with van der Waals surface area (Å²) in [4.78, 5) is 7.96. The van der Waals surface area contributed by atoms with Crippen molar-refractivity contribution in [2.24, 2.45) is 20.9 Å². The Hall–Kier alpha value is -2.09. The lowest BCUT2D eigenvalue weighted by atomic mass is 10.3. The van der Waals surface area contributed by atoms with Crippen LogP contribution in [0.1, 0.15) is 0 Å². The van der Waals surface area contributed by atoms with E-state index in [0.717, 1.165) is 6.07 Å². The normalized spacial score (nSPS) is 13.7. The molecule has 0 amide bonds. The Morgan fingerprint density at radius 2 is 2.11 bits per heavy atom. The number of oxime groups is 1. The van der Waals surface area contributed by atoms with Crippen molar-refractivity contribution in [3.63, 3.8) is 0 Å². The highest BCUT2D eigenvalue weighted by Gasteiger charge is 2.15. The molecular weight excluding hydrogens is 445 g/mol. The number of nitrogens with two attached hydrogens (primary N) is 1. The molecule has 0 aromatic heterocycles. The lowest BCUT2D eigenvalue weighted by Crippen LogP contribution is -2.38. The van der Waals surface area contributed by atoms with Crippen molar-refractivity contribution in [1.29, 1.82) is 9.56 Å². The molecule has 0 aliphatic carbocycles. The summed E-state index contributed by atoms with van der Waals surface area (Å²) in [5, 5.41) is 21.4. The van der Waals surface area contributed by atoms with Crippen LogP contribution >= 0.6 is 15.9 Å². The van der Waals surface area contributed by atoms with Crippen molar-refractivity contribution in [2.75, 3.05) is 31.8 Å². The number of amidine groups is 2. The highest BCUT2D eigenvalue weighted by atomic mass is 79.9. The van der Waals surface area contributed by atoms with Crippen LogP contribution in [0.25, 0.3) is 0 Å². The van der Waals surface area contributed by atoms with Gasteiger partial charge in [0.1, 0.15) is 5.82 Å². The molecule has 1 rings (SSSR count). The Balaban J connectivity index is 2.95. The standard InChI is InChI=1S/C14H21BrFN7O3S/c1-26-5-7-27(18,19)6-4-20-13(17)12(22-24)14(23-25)21-9-2-3-11(16)10(15)8-9/h2-3,8,18-19,24-25H,4-7H2,1H3,(H2,17,20)(H,21,23)/b22-12+. The second kappa shape index (κ2) is 10.9. The van der Waals surface area contributed by atoms with Crippen LogP contribution in [-0.4, -0.2) is 59.6 Å². The zero-order valence-corrected chi connectivity index (χ0v) is 16.8. The molecule has 10 nitrogen and oxygen atoms in total. The van der Waals surface area contributed by atoms with Crippen LogP contribution in [0, 0.1) is 15.4 Å². The molecule has 0 spiro atoms. The molecule has 0 saturated carbocycles. The van der Waals surface area contributed by atoms with E-state index in [1.807, 2.05) is 0 Å². The topological polar surface area (TPSA) is 173 Å². The second-order valence-corrected chi connectivity index (χ2v) is 8.61. The fourth-order valence-corrected chi connectivity index (χ4v) is 3.18. The monoisotopic (exact) mass is 465 g/mol. The van der Waals surface area contributed by atoms with Gasteiger partial charge in [0, 0.05) is 18.6 Å². The molecule has 7 N–H and O–H groups in total. The summed E-state index contributed by atoms with van der Waals surface area (Å²) in [5.74, 6) is -0.619. The number of rotatable bonds is 9. The largest absolute Gasteiger partial charge is 0.410 e. The molecule has 150 valence electrons. The van der Waals surface area contributed by atoms with E-state index < -0.39 is 15.4 Å². The number of nitrogens with zero attached hydrogens (tertiary/aromatic N) is 3. The highest BCUT2D eigenvalue weighted by Crippen LogP contribution is 2.22. The lowest BCUT2D eigenvalue weighted by molar-refractivity contribution is 0.218. The molecule has 0 saturated heterocycles. The summed E-state index contributed by atoms with van der Waals surface area (Å²) >= 11 is 3.01. The van der Waals surface area contributed by atoms with Gasteiger partial charge >= 0.3 is 0 Å². The van der Waals surface area contributed by atoms with Crippen LogP contribution < -0.4 is 11.2 Å². The summed E-state index contributed by atoms with van der Waals surface area (Å²) < 4.78 is 34.1. The molecule has 0 bridgehead atoms. The summed E-state index contributed by atoms with van der Waals surface area (Å²) in [6.45, 7) is 0.362. The van der Waals surface area contributed by atoms with Gasteiger partial charge in [-0.25, -0.2) is 9.38 Å². The van der Waals surface area contributed by atoms with Crippen molar-refractivity contribution >= 4 is 48.6 Å². The third-order valence-electron chi connectivity index (χ3n) is 3.17. The summed E-state index contributed by atoms with van der Waals surface area (Å²) in [6, 6.07) is 3.85. The molecule has 27 heavy (non-hydrogen) atoms. The van der Waals surface area contributed by atoms with Crippen LogP contribution in [0.15, 0.2) is 37.8 Å². The van der Waals surface area contributed by atoms with E-state index in [9.17, 15) is 14.8 Å². The van der Waals surface area contributed by atoms with Gasteiger partial charge in [-0.2, -0.15) is 0 Å². The van der Waals surface area contributed by atoms with Gasteiger partial charge in [0.2, 0.25) is 0 Å². The third-order valence-corrected chi connectivity index (χ3v) is 5.53. The molecule has 0 fully saturated rings. The van der Waals surface area contributed by atoms with Crippen molar-refractivity contribution in [1.82, 2.24) is 5.48 Å². The molecule has 0 unspecified atom stereocenters. The number of nitrogens with one attached hydrogen (secondary N) is 3. The van der Waals surface area contributed by atoms with E-state index >= 15 is 0 Å². The molecule has 13 heteroatoms. The zero-order valence-electron chi connectivity index (χ0n) is 14.4. The highest BCUT2D eigenvalue weighted by molar-refractivity contribution is 9.10. The van der Waals surface area contributed by atoms with Gasteiger partial charge in [0.25, 0.3) is 0 Å². The van der Waals surface area contributed by atoms with Gasteiger partial charge in [-0.3, -0.25) is 25.2 Å². The number of hydroxylamine groups is 1. The summed E-state index contributed by atoms with van der Waals surface area (Å²) in [5.41, 5.74) is 7.42. The quantitative estimate of drug-likeness (QED) is 0.141. The smallest absolute Gasteiger partial charge is 0.188 e. The molecule has 0 heterocycles. The van der Waals surface area contributed by atoms with Crippen molar-refractivity contribution in [3.8, 4) is 0 Å². The number of hydrogen-bond donors (Lipinski definition) is 6. The summed E-state index contributed by atoms with van der Waals surface area (Å²) in [7, 11) is -0.883. The van der Waals surface area contributed by atoms with Gasteiger partial charge in [-0.05, 0) is 34.1 Å². The average molecular weight is 466 g/mol. The fraction of sp³-hybridized carbons (Fsp3) is 0.357. The molecule has 0 aliphatic heterocycles. The molecule has 0 aliphatic rings. The number of halogens is 2. The predicted molar refractivity (Wildman–Crippen MR) is 106 cm³/mol. The van der Waals surface area contributed by atoms with Crippen LogP contribution in [0.5, 0.6) is 0 Å². The van der Waals surface area contributed by atoms with E-state index in [2.05, 4.69) is 31.1 Å². The number of benzene rings is 1. The first-order chi connectivity index (χ1) is 12.7. The Morgan fingerprint density at radius 3 is 2.67 bits per heavy atom. The van der Waals surface area contributed by atoms with E-state index in [0.29, 0.717) is 6.61 Å². The van der Waals surface area contributed by atoms with E-state index in [-0.39, 0.29) is 45.6 Å². The SMILES string of the molecule is COCCS(=N)(=N)CCN=C(N)/C(=N\O)C(=Nc1ccc(F)c(Br)c1)NO. The Bertz CT molecular complexity index is 843. The lowest BCUT2D eigenvalue weighted by Gasteiger charge is -2.10. The van der Waals surface area contributed by atoms with Crippen LogP contribution in [0.3, 0.4) is 0 Å². The number of hydrogen-bond acceptors (Lipinski definition) is 8. The van der Waals surface area contributed by atoms with Crippen LogP contribution in [0.2, 0.25) is 0 Å². The maximum Gasteiger partial charge on any atom is 0.188 e. The van der Waals surface area contributed by atoms with Gasteiger partial charge in [-0.1, -0.05) is 14.8 Å². The first-order valence-electron chi connectivity index (χ1n) is 7.47. The number of aliphatic imine (C=N–C) groups is 2. The average Bonchev–Trinajstić information content (AvgIpc) is 2.62. The first kappa shape index (κ1) is 23.0. The molecule has 1 aromatic rings. The minimum absolute atomic E-state index is 0.0533. The minimum atomic E-state index is -2.38. The van der Waals surface area contributed by atoms with E-state index in [4.69, 9.17) is 20.0 Å². The molecule has 0 atom stereocenters. The third kappa shape index (κ3) is 7.58. The first-order valence-corrected chi connectivity index (χ1v) is 10.2.